The number of hydrogen-bond donors (Lipinski definition) is 2. The van der Waals surface area contributed by atoms with Gasteiger partial charge in [-0.1, -0.05) is 11.6 Å². The highest BCUT2D eigenvalue weighted by molar-refractivity contribution is 6.32. The summed E-state index contributed by atoms with van der Waals surface area (Å²) in [5, 5.41) is 6.42. The van der Waals surface area contributed by atoms with Crippen molar-refractivity contribution < 1.29 is 19.1 Å². The first-order valence-corrected chi connectivity index (χ1v) is 9.61. The molecule has 1 aromatic carbocycles. The van der Waals surface area contributed by atoms with Crippen LogP contribution in [-0.2, 0) is 14.3 Å². The first-order chi connectivity index (χ1) is 13.0. The molecule has 0 aromatic heterocycles. The Balaban J connectivity index is 1.99. The molecule has 2 rings (SSSR count). The average Bonchev–Trinajstić information content (AvgIpc) is 2.68. The molecule has 1 aromatic rings. The van der Waals surface area contributed by atoms with Crippen molar-refractivity contribution in [1.82, 2.24) is 10.2 Å². The molecule has 0 bridgehead atoms. The van der Waals surface area contributed by atoms with Gasteiger partial charge in [0.15, 0.2) is 6.61 Å². The van der Waals surface area contributed by atoms with Crippen LogP contribution in [-0.4, -0.2) is 62.2 Å². The number of rotatable bonds is 8. The van der Waals surface area contributed by atoms with Crippen LogP contribution in [0.1, 0.15) is 26.7 Å². The molecule has 1 aliphatic heterocycles. The van der Waals surface area contributed by atoms with Crippen LogP contribution in [0.2, 0.25) is 5.02 Å². The van der Waals surface area contributed by atoms with Crippen LogP contribution in [0.4, 0.5) is 5.69 Å². The Hall–Kier alpha value is -1.83. The van der Waals surface area contributed by atoms with Gasteiger partial charge in [0.1, 0.15) is 11.4 Å². The van der Waals surface area contributed by atoms with E-state index in [1.807, 2.05) is 13.8 Å². The highest BCUT2D eigenvalue weighted by Gasteiger charge is 2.39. The molecular formula is C19H28ClN3O4. The largest absolute Gasteiger partial charge is 0.482 e. The first-order valence-electron chi connectivity index (χ1n) is 9.23. The second-order valence-electron chi connectivity index (χ2n) is 6.40. The monoisotopic (exact) mass is 397 g/mol. The summed E-state index contributed by atoms with van der Waals surface area (Å²) >= 11 is 6.26. The molecule has 1 aliphatic rings. The lowest BCUT2D eigenvalue weighted by atomic mass is 9.91. The predicted octanol–water partition coefficient (Wildman–Crippen LogP) is 2.29. The number of piperidine rings is 1. The fourth-order valence-corrected chi connectivity index (χ4v) is 3.34. The quantitative estimate of drug-likeness (QED) is 0.703. The summed E-state index contributed by atoms with van der Waals surface area (Å²) in [5.74, 6) is 0.118. The van der Waals surface area contributed by atoms with Crippen molar-refractivity contribution in [2.75, 3.05) is 45.2 Å². The maximum Gasteiger partial charge on any atom is 0.260 e. The molecule has 7 nitrogen and oxygen atoms in total. The van der Waals surface area contributed by atoms with Crippen molar-refractivity contribution in [3.05, 3.63) is 23.2 Å². The maximum absolute atomic E-state index is 12.7. The number of benzene rings is 1. The summed E-state index contributed by atoms with van der Waals surface area (Å²) in [6, 6.07) is 4.96. The summed E-state index contributed by atoms with van der Waals surface area (Å²) in [6.07, 6.45) is 1.22. The highest BCUT2D eigenvalue weighted by atomic mass is 35.5. The van der Waals surface area contributed by atoms with Gasteiger partial charge in [-0.25, -0.2) is 0 Å². The lowest BCUT2D eigenvalue weighted by molar-refractivity contribution is -0.140. The Kier molecular flexibility index (Phi) is 7.89. The standard InChI is InChI=1S/C19H28ClN3O4/c1-4-23(5-2)17(24)13-27-16-7-6-14(12-15(16)20)22-18(25)19(26-3)8-10-21-11-9-19/h6-7,12,21H,4-5,8-11,13H2,1-3H3,(H,22,25). The summed E-state index contributed by atoms with van der Waals surface area (Å²) in [6.45, 7) is 6.49. The molecule has 1 heterocycles. The number of hydrogen-bond acceptors (Lipinski definition) is 5. The van der Waals surface area contributed by atoms with Gasteiger partial charge < -0.3 is 25.0 Å². The molecule has 0 atom stereocenters. The number of carbonyl (C=O) groups is 2. The molecule has 27 heavy (non-hydrogen) atoms. The van der Waals surface area contributed by atoms with Gasteiger partial charge >= 0.3 is 0 Å². The highest BCUT2D eigenvalue weighted by Crippen LogP contribution is 2.29. The van der Waals surface area contributed by atoms with Crippen LogP contribution < -0.4 is 15.4 Å². The number of anilines is 1. The van der Waals surface area contributed by atoms with Crippen molar-refractivity contribution in [1.29, 1.82) is 0 Å². The molecule has 2 N–H and O–H groups in total. The van der Waals surface area contributed by atoms with E-state index < -0.39 is 5.60 Å². The number of likely N-dealkylation sites (N-methyl/N-ethyl adjacent to an activating group) is 1. The molecule has 1 saturated heterocycles. The smallest absolute Gasteiger partial charge is 0.260 e. The molecule has 0 spiro atoms. The van der Waals surface area contributed by atoms with E-state index in [-0.39, 0.29) is 18.4 Å². The number of methoxy groups -OCH3 is 1. The van der Waals surface area contributed by atoms with Gasteiger partial charge in [-0.05, 0) is 58.0 Å². The van der Waals surface area contributed by atoms with Crippen LogP contribution >= 0.6 is 11.6 Å². The SMILES string of the molecule is CCN(CC)C(=O)COc1ccc(NC(=O)C2(OC)CCNCC2)cc1Cl. The predicted molar refractivity (Wildman–Crippen MR) is 105 cm³/mol. The van der Waals surface area contributed by atoms with Gasteiger partial charge in [-0.3, -0.25) is 9.59 Å². The minimum atomic E-state index is -0.830. The van der Waals surface area contributed by atoms with E-state index in [0.717, 1.165) is 13.1 Å². The Morgan fingerprint density at radius 1 is 1.26 bits per heavy atom. The third kappa shape index (κ3) is 5.34. The van der Waals surface area contributed by atoms with Crippen LogP contribution in [0.5, 0.6) is 5.75 Å². The van der Waals surface area contributed by atoms with Crippen molar-refractivity contribution in [2.45, 2.75) is 32.3 Å². The molecule has 0 aliphatic carbocycles. The molecule has 150 valence electrons. The Labute approximate surface area is 165 Å². The molecule has 0 saturated carbocycles. The normalized spacial score (nSPS) is 15.9. The summed E-state index contributed by atoms with van der Waals surface area (Å²) in [7, 11) is 1.56. The lowest BCUT2D eigenvalue weighted by Crippen LogP contribution is -2.51. The van der Waals surface area contributed by atoms with E-state index in [1.54, 1.807) is 30.2 Å². The summed E-state index contributed by atoms with van der Waals surface area (Å²) in [4.78, 5) is 26.4. The van der Waals surface area contributed by atoms with Crippen LogP contribution in [0.3, 0.4) is 0 Å². The summed E-state index contributed by atoms with van der Waals surface area (Å²) < 4.78 is 11.1. The number of ether oxygens (including phenoxy) is 2. The molecule has 1 fully saturated rings. The Morgan fingerprint density at radius 3 is 2.48 bits per heavy atom. The Morgan fingerprint density at radius 2 is 1.93 bits per heavy atom. The Bertz CT molecular complexity index is 658. The molecule has 0 radical (unpaired) electrons. The minimum absolute atomic E-state index is 0.0765. The number of amides is 2. The van der Waals surface area contributed by atoms with Crippen molar-refractivity contribution >= 4 is 29.1 Å². The molecule has 2 amide bonds. The number of nitrogens with one attached hydrogen (secondary N) is 2. The van der Waals surface area contributed by atoms with E-state index in [2.05, 4.69) is 10.6 Å². The van der Waals surface area contributed by atoms with Crippen molar-refractivity contribution in [3.8, 4) is 5.75 Å². The number of carbonyl (C=O) groups excluding carboxylic acids is 2. The zero-order valence-corrected chi connectivity index (χ0v) is 16.9. The second kappa shape index (κ2) is 9.92. The third-order valence-corrected chi connectivity index (χ3v) is 5.17. The average molecular weight is 398 g/mol. The van der Waals surface area contributed by atoms with Crippen LogP contribution in [0.15, 0.2) is 18.2 Å². The van der Waals surface area contributed by atoms with Gasteiger partial charge in [0.2, 0.25) is 0 Å². The fourth-order valence-electron chi connectivity index (χ4n) is 3.10. The topological polar surface area (TPSA) is 79.9 Å². The van der Waals surface area contributed by atoms with Gasteiger partial charge in [0, 0.05) is 25.9 Å². The van der Waals surface area contributed by atoms with Crippen LogP contribution in [0.25, 0.3) is 0 Å². The van der Waals surface area contributed by atoms with Gasteiger partial charge in [0.05, 0.1) is 5.02 Å². The van der Waals surface area contributed by atoms with Gasteiger partial charge in [0.25, 0.3) is 11.8 Å². The molecule has 0 unspecified atom stereocenters. The first kappa shape index (κ1) is 21.5. The van der Waals surface area contributed by atoms with E-state index in [1.165, 1.54) is 0 Å². The zero-order chi connectivity index (χ0) is 19.9. The van der Waals surface area contributed by atoms with Gasteiger partial charge in [-0.15, -0.1) is 0 Å². The summed E-state index contributed by atoms with van der Waals surface area (Å²) in [5.41, 5.74) is -0.273. The van der Waals surface area contributed by atoms with E-state index >= 15 is 0 Å². The number of halogens is 1. The van der Waals surface area contributed by atoms with E-state index in [4.69, 9.17) is 21.1 Å². The molecule has 8 heteroatoms. The van der Waals surface area contributed by atoms with Crippen LogP contribution in [0, 0.1) is 0 Å². The lowest BCUT2D eigenvalue weighted by Gasteiger charge is -2.34. The maximum atomic E-state index is 12.7. The van der Waals surface area contributed by atoms with Crippen molar-refractivity contribution in [3.63, 3.8) is 0 Å². The third-order valence-electron chi connectivity index (χ3n) is 4.87. The van der Waals surface area contributed by atoms with Crippen molar-refractivity contribution in [2.24, 2.45) is 0 Å². The fraction of sp³-hybridized carbons (Fsp3) is 0.579. The second-order valence-corrected chi connectivity index (χ2v) is 6.81. The number of nitrogens with zero attached hydrogens (tertiary/aromatic N) is 1. The molecular weight excluding hydrogens is 370 g/mol. The van der Waals surface area contributed by atoms with E-state index in [0.29, 0.717) is 42.4 Å². The van der Waals surface area contributed by atoms with E-state index in [9.17, 15) is 9.59 Å². The van der Waals surface area contributed by atoms with Gasteiger partial charge in [-0.2, -0.15) is 0 Å². The zero-order valence-electron chi connectivity index (χ0n) is 16.1. The minimum Gasteiger partial charge on any atom is -0.482 e.